The number of benzene rings is 3. The lowest BCUT2D eigenvalue weighted by Gasteiger charge is -2.27. The van der Waals surface area contributed by atoms with Crippen molar-refractivity contribution in [3.05, 3.63) is 77.6 Å². The lowest BCUT2D eigenvalue weighted by atomic mass is 9.35. The van der Waals surface area contributed by atoms with Gasteiger partial charge in [0.2, 0.25) is 0 Å². The van der Waals surface area contributed by atoms with Gasteiger partial charge in [-0.2, -0.15) is 0 Å². The molecule has 0 spiro atoms. The number of hydrogen-bond donors (Lipinski definition) is 0. The van der Waals surface area contributed by atoms with Crippen molar-refractivity contribution < 1.29 is 19.8 Å². The largest absolute Gasteiger partial charge is 0.458 e. The quantitative estimate of drug-likeness (QED) is 0.491. The molecule has 0 atom stereocenters. The van der Waals surface area contributed by atoms with Crippen molar-refractivity contribution in [1.29, 1.82) is 0 Å². The van der Waals surface area contributed by atoms with Gasteiger partial charge in [-0.3, -0.25) is 0 Å². The van der Waals surface area contributed by atoms with E-state index in [9.17, 15) is 0 Å². The first kappa shape index (κ1) is 5.96. The molecule has 3 aromatic carbocycles. The molecule has 0 radical (unpaired) electrons. The molecule has 0 aliphatic carbocycles. The zero-order valence-electron chi connectivity index (χ0n) is 23.0. The van der Waals surface area contributed by atoms with Crippen LogP contribution in [0.5, 0.6) is 11.5 Å². The van der Waals surface area contributed by atoms with Crippen molar-refractivity contribution in [2.24, 2.45) is 0 Å². The van der Waals surface area contributed by atoms with Gasteiger partial charge in [0.1, 0.15) is 11.5 Å². The Morgan fingerprint density at radius 3 is 2.32 bits per heavy atom. The second-order valence-corrected chi connectivity index (χ2v) is 5.06. The molecule has 4 rings (SSSR count). The molecule has 2 heteroatoms. The molecule has 22 heavy (non-hydrogen) atoms. The van der Waals surface area contributed by atoms with Crippen molar-refractivity contribution in [2.45, 2.75) is 13.8 Å². The highest BCUT2D eigenvalue weighted by Gasteiger charge is 2.32. The molecule has 0 saturated heterocycles. The Bertz CT molecular complexity index is 1250. The lowest BCUT2D eigenvalue weighted by molar-refractivity contribution is 0.487. The molecule has 0 bridgehead atoms. The highest BCUT2D eigenvalue weighted by atomic mass is 16.5. The van der Waals surface area contributed by atoms with Gasteiger partial charge >= 0.3 is 0 Å². The summed E-state index contributed by atoms with van der Waals surface area (Å²) in [6.07, 6.45) is 0. The molecule has 1 aliphatic rings. The van der Waals surface area contributed by atoms with Gasteiger partial charge < -0.3 is 4.74 Å². The Morgan fingerprint density at radius 1 is 0.773 bits per heavy atom. The van der Waals surface area contributed by atoms with Crippen molar-refractivity contribution in [3.8, 4) is 11.5 Å². The summed E-state index contributed by atoms with van der Waals surface area (Å²) in [5.74, 6) is -0.522. The van der Waals surface area contributed by atoms with Gasteiger partial charge in [-0.25, -0.2) is 0 Å². The molecule has 0 fully saturated rings. The third-order valence-corrected chi connectivity index (χ3v) is 3.59. The summed E-state index contributed by atoms with van der Waals surface area (Å²) in [6.45, 7) is 1.72. The van der Waals surface area contributed by atoms with Gasteiger partial charge in [0.25, 0.3) is 6.71 Å². The van der Waals surface area contributed by atoms with Gasteiger partial charge in [0, 0.05) is 0 Å². The number of hydrogen-bond acceptors (Lipinski definition) is 1. The fourth-order valence-electron chi connectivity index (χ4n) is 2.59. The predicted molar refractivity (Wildman–Crippen MR) is 93.5 cm³/mol. The monoisotopic (exact) mass is 295 g/mol. The number of fused-ring (bicyclic) bond motifs is 2. The van der Waals surface area contributed by atoms with E-state index < -0.39 is 49.0 Å². The van der Waals surface area contributed by atoms with Crippen molar-refractivity contribution in [1.82, 2.24) is 0 Å². The SMILES string of the molecule is [2H]c1c([2H])c([2H])c(B2c3c([2H])c([2H])c([2H])c([2H])c3Oc3c([2H])c([2H])c(C)c([2H])c32)c(C)c1[2H]. The highest BCUT2D eigenvalue weighted by molar-refractivity contribution is 6.97. The van der Waals surface area contributed by atoms with Gasteiger partial charge in [0.15, 0.2) is 0 Å². The number of ether oxygens (including phenoxy) is 1. The third-order valence-electron chi connectivity index (χ3n) is 3.59. The first-order valence-electron chi connectivity index (χ1n) is 12.3. The standard InChI is InChI=1S/C20H17BO/c1-14-11-12-20-18(13-14)21(16-8-4-3-7-15(16)2)17-9-5-6-10-19(17)22-20/h3-13H,1-2H3/i3D,4D,5D,6D,7D,8D,9D,10D,11D,12D,13D. The van der Waals surface area contributed by atoms with Crippen LogP contribution in [0.4, 0.5) is 0 Å². The van der Waals surface area contributed by atoms with Crippen LogP contribution in [0, 0.1) is 13.8 Å². The smallest absolute Gasteiger partial charge is 0.251 e. The summed E-state index contributed by atoms with van der Waals surface area (Å²) in [4.78, 5) is 0. The van der Waals surface area contributed by atoms with E-state index in [0.29, 0.717) is 0 Å². The molecule has 3 aromatic rings. The molecule has 1 aliphatic heterocycles. The lowest BCUT2D eigenvalue weighted by Crippen LogP contribution is -2.55. The van der Waals surface area contributed by atoms with E-state index in [-0.39, 0.29) is 63.2 Å². The van der Waals surface area contributed by atoms with Crippen LogP contribution in [0.3, 0.4) is 0 Å². The third kappa shape index (κ3) is 2.03. The van der Waals surface area contributed by atoms with Gasteiger partial charge in [-0.15, -0.1) is 0 Å². The van der Waals surface area contributed by atoms with Crippen LogP contribution >= 0.6 is 0 Å². The molecule has 0 saturated carbocycles. The molecular formula is C20H17BO. The average molecular weight is 295 g/mol. The van der Waals surface area contributed by atoms with Crippen molar-refractivity contribution in [3.63, 3.8) is 0 Å². The van der Waals surface area contributed by atoms with Crippen molar-refractivity contribution >= 4 is 23.1 Å². The van der Waals surface area contributed by atoms with Crippen LogP contribution in [-0.4, -0.2) is 6.71 Å². The number of para-hydroxylation sites is 1. The summed E-state index contributed by atoms with van der Waals surface area (Å²) in [6, 6.07) is -4.64. The van der Waals surface area contributed by atoms with E-state index in [1.165, 1.54) is 13.8 Å². The van der Waals surface area contributed by atoms with Crippen LogP contribution in [0.1, 0.15) is 26.2 Å². The van der Waals surface area contributed by atoms with E-state index in [0.717, 1.165) is 0 Å². The van der Waals surface area contributed by atoms with E-state index >= 15 is 0 Å². The minimum absolute atomic E-state index is 0.0270. The minimum Gasteiger partial charge on any atom is -0.458 e. The summed E-state index contributed by atoms with van der Waals surface area (Å²) >= 11 is 0. The first-order chi connectivity index (χ1) is 15.3. The Balaban J connectivity index is 2.28. The highest BCUT2D eigenvalue weighted by Crippen LogP contribution is 2.24. The van der Waals surface area contributed by atoms with E-state index in [1.54, 1.807) is 0 Å². The van der Waals surface area contributed by atoms with Crippen LogP contribution in [0.15, 0.2) is 66.5 Å². The molecule has 0 aromatic heterocycles. The fourth-order valence-corrected chi connectivity index (χ4v) is 2.59. The Morgan fingerprint density at radius 2 is 1.45 bits per heavy atom. The zero-order chi connectivity index (χ0) is 24.7. The first-order valence-corrected chi connectivity index (χ1v) is 6.77. The van der Waals surface area contributed by atoms with Crippen molar-refractivity contribution in [2.75, 3.05) is 0 Å². The van der Waals surface area contributed by atoms with E-state index in [2.05, 4.69) is 0 Å². The Labute approximate surface area is 147 Å². The summed E-state index contributed by atoms with van der Waals surface area (Å²) in [7, 11) is 0. The molecular weight excluding hydrogens is 267 g/mol. The average Bonchev–Trinajstić information content (AvgIpc) is 2.80. The maximum atomic E-state index is 8.68. The Hall–Kier alpha value is -2.48. The summed E-state index contributed by atoms with van der Waals surface area (Å²) in [5.41, 5.74) is 0.276. The summed E-state index contributed by atoms with van der Waals surface area (Å²) in [5, 5.41) is 0. The maximum Gasteiger partial charge on any atom is 0.251 e. The predicted octanol–water partition coefficient (Wildman–Crippen LogP) is 2.93. The number of rotatable bonds is 1. The van der Waals surface area contributed by atoms with E-state index in [1.807, 2.05) is 0 Å². The van der Waals surface area contributed by atoms with Crippen LogP contribution < -0.4 is 21.1 Å². The molecule has 0 N–H and O–H groups in total. The molecule has 106 valence electrons. The normalized spacial score (nSPS) is 19.4. The second-order valence-electron chi connectivity index (χ2n) is 5.06. The van der Waals surface area contributed by atoms with Gasteiger partial charge in [-0.05, 0) is 36.9 Å². The van der Waals surface area contributed by atoms with Crippen LogP contribution in [0.25, 0.3) is 0 Å². The summed E-state index contributed by atoms with van der Waals surface area (Å²) < 4.78 is 97.0. The zero-order valence-corrected chi connectivity index (χ0v) is 12.0. The fraction of sp³-hybridized carbons (Fsp3) is 0.100. The molecule has 1 nitrogen and oxygen atoms in total. The van der Waals surface area contributed by atoms with Crippen LogP contribution in [-0.2, 0) is 0 Å². The molecule has 0 unspecified atom stereocenters. The topological polar surface area (TPSA) is 9.23 Å². The second kappa shape index (κ2) is 5.06. The van der Waals surface area contributed by atoms with Crippen LogP contribution in [0.2, 0.25) is 0 Å². The van der Waals surface area contributed by atoms with Gasteiger partial charge in [-0.1, -0.05) is 71.0 Å². The maximum absolute atomic E-state index is 8.68. The van der Waals surface area contributed by atoms with E-state index in [4.69, 9.17) is 19.8 Å². The van der Waals surface area contributed by atoms with Gasteiger partial charge in [0.05, 0.1) is 15.1 Å². The Kier molecular flexibility index (Phi) is 1.37. The molecule has 0 amide bonds. The minimum atomic E-state index is -1.23. The molecule has 1 heterocycles.